The van der Waals surface area contributed by atoms with Gasteiger partial charge in [-0.1, -0.05) is 0 Å². The van der Waals surface area contributed by atoms with Crippen molar-refractivity contribution in [3.63, 3.8) is 0 Å². The molecule has 0 atom stereocenters. The van der Waals surface area contributed by atoms with E-state index in [1.807, 2.05) is 0 Å². The largest absolute Gasteiger partial charge is 0.197 e. The zero-order valence-corrected chi connectivity index (χ0v) is 9.22. The van der Waals surface area contributed by atoms with E-state index in [0.29, 0.717) is 0 Å². The van der Waals surface area contributed by atoms with Crippen LogP contribution in [0.15, 0.2) is 0 Å². The van der Waals surface area contributed by atoms with Crippen LogP contribution >= 0.6 is 13.5 Å². The Morgan fingerprint density at radius 1 is 1.00 bits per heavy atom. The molecule has 0 aliphatic heterocycles. The average Bonchev–Trinajstić information content (AvgIpc) is 0. The van der Waals surface area contributed by atoms with Crippen LogP contribution in [0.4, 0.5) is 0 Å². The van der Waals surface area contributed by atoms with Gasteiger partial charge in [-0.15, -0.1) is 0 Å². The molecule has 0 aliphatic rings. The van der Waals surface area contributed by atoms with E-state index in [2.05, 4.69) is 0 Å². The Kier molecular flexibility index (Phi) is 161. The van der Waals surface area contributed by atoms with Crippen molar-refractivity contribution in [2.45, 2.75) is 0 Å². The van der Waals surface area contributed by atoms with Gasteiger partial charge in [0.05, 0.1) is 0 Å². The van der Waals surface area contributed by atoms with Crippen LogP contribution in [0.1, 0.15) is 0 Å². The molecule has 0 rings (SSSR count). The van der Waals surface area contributed by atoms with Gasteiger partial charge in [0.15, 0.2) is 0 Å². The molecule has 4 heavy (non-hydrogen) atoms. The SMILES string of the molecule is S.[Ge].[Sb].[Se]. The molecular weight excluding hydrogens is 305 g/mol. The van der Waals surface area contributed by atoms with Gasteiger partial charge in [0.1, 0.15) is 0 Å². The van der Waals surface area contributed by atoms with Crippen LogP contribution in [-0.2, 0) is 0 Å². The van der Waals surface area contributed by atoms with Gasteiger partial charge in [0.2, 0.25) is 0 Å². The quantitative estimate of drug-likeness (QED) is 0.502. The fourth-order valence-corrected chi connectivity index (χ4v) is 0. The van der Waals surface area contributed by atoms with E-state index in [9.17, 15) is 0 Å². The maximum atomic E-state index is 0. The van der Waals surface area contributed by atoms with E-state index in [1.54, 1.807) is 0 Å². The van der Waals surface area contributed by atoms with Crippen LogP contribution in [0.25, 0.3) is 0 Å². The van der Waals surface area contributed by atoms with Gasteiger partial charge in [0.25, 0.3) is 0 Å². The molecule has 0 amide bonds. The molecular formula is H2GeSSbSe. The van der Waals surface area contributed by atoms with Gasteiger partial charge in [-0.3, -0.25) is 0 Å². The van der Waals surface area contributed by atoms with Crippen molar-refractivity contribution in [3.05, 3.63) is 0 Å². The van der Waals surface area contributed by atoms with Crippen molar-refractivity contribution in [2.24, 2.45) is 0 Å². The molecule has 0 aliphatic carbocycles. The second-order valence-corrected chi connectivity index (χ2v) is 0. The summed E-state index contributed by atoms with van der Waals surface area (Å²) in [7, 11) is 0. The molecule has 0 spiro atoms. The summed E-state index contributed by atoms with van der Waals surface area (Å²) in [4.78, 5) is 0. The third kappa shape index (κ3) is 8.87. The van der Waals surface area contributed by atoms with E-state index in [-0.39, 0.29) is 72.6 Å². The summed E-state index contributed by atoms with van der Waals surface area (Å²) in [6.45, 7) is 0. The summed E-state index contributed by atoms with van der Waals surface area (Å²) < 4.78 is 0. The second kappa shape index (κ2) is 18.8. The minimum absolute atomic E-state index is 0. The Morgan fingerprint density at radius 3 is 1.00 bits per heavy atom. The molecule has 23 valence electrons. The van der Waals surface area contributed by atoms with Crippen molar-refractivity contribution < 1.29 is 0 Å². The Hall–Kier alpha value is 2.23. The van der Waals surface area contributed by atoms with E-state index in [1.165, 1.54) is 0 Å². The number of hydrogen-bond donors (Lipinski definition) is 0. The van der Waals surface area contributed by atoms with E-state index in [4.69, 9.17) is 0 Å². The smallest absolute Gasteiger partial charge is 0 e. The first-order valence-corrected chi connectivity index (χ1v) is 0. The van der Waals surface area contributed by atoms with Crippen LogP contribution in [0.5, 0.6) is 0 Å². The molecule has 0 saturated heterocycles. The second-order valence-electron chi connectivity index (χ2n) is 0. The predicted molar refractivity (Wildman–Crippen MR) is 27.6 cm³/mol. The fraction of sp³-hybridized carbons (Fsp3) is 0. The summed E-state index contributed by atoms with van der Waals surface area (Å²) in [5.74, 6) is 0. The first-order chi connectivity index (χ1) is 0. The molecule has 0 saturated carbocycles. The molecule has 0 fully saturated rings. The van der Waals surface area contributed by atoms with Crippen LogP contribution in [-0.4, -0.2) is 59.1 Å². The third-order valence-electron chi connectivity index (χ3n) is 0. The van der Waals surface area contributed by atoms with Gasteiger partial charge in [-0.2, -0.15) is 13.5 Å². The van der Waals surface area contributed by atoms with Crippen LogP contribution in [0, 0.1) is 0 Å². The molecule has 0 heterocycles. The molecule has 0 bridgehead atoms. The monoisotopic (exact) mass is 309 g/mol. The molecule has 0 unspecified atom stereocenters. The van der Waals surface area contributed by atoms with Crippen LogP contribution in [0.2, 0.25) is 0 Å². The molecule has 0 aromatic heterocycles. The zero-order valence-electron chi connectivity index (χ0n) is 1.86. The van der Waals surface area contributed by atoms with Crippen molar-refractivity contribution >= 4 is 72.6 Å². The summed E-state index contributed by atoms with van der Waals surface area (Å²) in [6.07, 6.45) is 0. The van der Waals surface area contributed by atoms with Crippen molar-refractivity contribution in [2.75, 3.05) is 0 Å². The van der Waals surface area contributed by atoms with E-state index >= 15 is 0 Å². The van der Waals surface area contributed by atoms with Crippen molar-refractivity contribution in [1.29, 1.82) is 0 Å². The van der Waals surface area contributed by atoms with Gasteiger partial charge in [-0.05, 0) is 0 Å². The average molecular weight is 307 g/mol. The van der Waals surface area contributed by atoms with Gasteiger partial charge < -0.3 is 0 Å². The minimum Gasteiger partial charge on any atom is -0.197 e. The van der Waals surface area contributed by atoms with Gasteiger partial charge in [0, 0.05) is 59.1 Å². The van der Waals surface area contributed by atoms with E-state index in [0.717, 1.165) is 0 Å². The summed E-state index contributed by atoms with van der Waals surface area (Å²) >= 11 is 0. The van der Waals surface area contributed by atoms with Gasteiger partial charge in [-0.25, -0.2) is 0 Å². The first kappa shape index (κ1) is 34.3. The van der Waals surface area contributed by atoms with Crippen LogP contribution < -0.4 is 0 Å². The Bertz CT molecular complexity index is 8.00. The Morgan fingerprint density at radius 2 is 1.00 bits per heavy atom. The predicted octanol–water partition coefficient (Wildman–Crippen LogP) is -1.03. The Balaban J connectivity index is 0. The number of hydrogen-bond acceptors (Lipinski definition) is 0. The standard InChI is InChI=1S/Ge.H2S.Sb.Se/h;1H2;;. The molecule has 9 radical (unpaired) electrons. The first-order valence-electron chi connectivity index (χ1n) is 0. The maximum absolute atomic E-state index is 0. The molecule has 0 aromatic carbocycles. The summed E-state index contributed by atoms with van der Waals surface area (Å²) in [5, 5.41) is 0. The van der Waals surface area contributed by atoms with Crippen molar-refractivity contribution in [3.8, 4) is 0 Å². The normalized spacial score (nSPS) is 0. The maximum Gasteiger partial charge on any atom is 0 e. The van der Waals surface area contributed by atoms with Crippen LogP contribution in [0.3, 0.4) is 0 Å². The molecule has 4 heteroatoms. The minimum atomic E-state index is 0. The molecule has 0 aromatic rings. The topological polar surface area (TPSA) is 0 Å². The molecule has 0 nitrogen and oxygen atoms in total. The molecule has 0 N–H and O–H groups in total. The summed E-state index contributed by atoms with van der Waals surface area (Å²) in [5.41, 5.74) is 0. The Labute approximate surface area is 71.8 Å². The van der Waals surface area contributed by atoms with E-state index < -0.39 is 0 Å². The summed E-state index contributed by atoms with van der Waals surface area (Å²) in [6, 6.07) is 0. The number of rotatable bonds is 0. The van der Waals surface area contributed by atoms with Gasteiger partial charge >= 0.3 is 0 Å². The third-order valence-corrected chi connectivity index (χ3v) is 0. The fourth-order valence-electron chi connectivity index (χ4n) is 0. The zero-order chi connectivity index (χ0) is 0. The van der Waals surface area contributed by atoms with Crippen molar-refractivity contribution in [1.82, 2.24) is 0 Å².